The molecule has 0 saturated carbocycles. The molecular formula is C27H26Cl2N2O3. The van der Waals surface area contributed by atoms with Gasteiger partial charge >= 0.3 is 0 Å². The number of ether oxygens (including phenoxy) is 1. The van der Waals surface area contributed by atoms with Crippen LogP contribution in [0, 0.1) is 13.8 Å². The molecule has 4 rings (SSSR count). The summed E-state index contributed by atoms with van der Waals surface area (Å²) in [5.74, 6) is 1.16. The van der Waals surface area contributed by atoms with E-state index in [9.17, 15) is 4.79 Å². The van der Waals surface area contributed by atoms with Gasteiger partial charge in [0.25, 0.3) is 5.91 Å². The first kappa shape index (κ1) is 24.1. The second-order valence-corrected chi connectivity index (χ2v) is 9.24. The van der Waals surface area contributed by atoms with Gasteiger partial charge < -0.3 is 14.5 Å². The molecule has 0 bridgehead atoms. The number of amides is 1. The zero-order valence-corrected chi connectivity index (χ0v) is 21.1. The first-order chi connectivity index (χ1) is 16.2. The zero-order chi connectivity index (χ0) is 24.4. The molecule has 0 radical (unpaired) electrons. The number of benzene rings is 3. The monoisotopic (exact) mass is 496 g/mol. The Balaban J connectivity index is 1.50. The predicted octanol–water partition coefficient (Wildman–Crippen LogP) is 7.95. The minimum atomic E-state index is -0.333. The molecule has 1 aromatic heterocycles. The van der Waals surface area contributed by atoms with Crippen molar-refractivity contribution in [2.24, 2.45) is 0 Å². The van der Waals surface area contributed by atoms with Gasteiger partial charge in [-0.25, -0.2) is 4.98 Å². The summed E-state index contributed by atoms with van der Waals surface area (Å²) in [6, 6.07) is 15.0. The molecule has 4 aromatic rings. The largest absolute Gasteiger partial charge is 0.484 e. The molecule has 0 aliphatic carbocycles. The number of hydrogen-bond donors (Lipinski definition) is 1. The van der Waals surface area contributed by atoms with Gasteiger partial charge in [-0.05, 0) is 85.3 Å². The molecule has 3 aromatic carbocycles. The van der Waals surface area contributed by atoms with E-state index in [-0.39, 0.29) is 12.5 Å². The zero-order valence-electron chi connectivity index (χ0n) is 19.5. The summed E-state index contributed by atoms with van der Waals surface area (Å²) >= 11 is 12.5. The van der Waals surface area contributed by atoms with Crippen molar-refractivity contribution in [3.05, 3.63) is 75.3 Å². The van der Waals surface area contributed by atoms with Crippen LogP contribution in [0.15, 0.2) is 52.9 Å². The van der Waals surface area contributed by atoms with Crippen LogP contribution in [0.2, 0.25) is 10.0 Å². The normalized spacial score (nSPS) is 12.1. The molecule has 0 aliphatic heterocycles. The molecule has 1 unspecified atom stereocenters. The van der Waals surface area contributed by atoms with E-state index in [1.165, 1.54) is 5.56 Å². The number of nitrogens with zero attached hydrogens (tertiary/aromatic N) is 1. The van der Waals surface area contributed by atoms with Crippen LogP contribution < -0.4 is 10.1 Å². The third-order valence-electron chi connectivity index (χ3n) is 5.86. The van der Waals surface area contributed by atoms with E-state index >= 15 is 0 Å². The Morgan fingerprint density at radius 2 is 1.82 bits per heavy atom. The Labute approximate surface area is 209 Å². The average Bonchev–Trinajstić information content (AvgIpc) is 3.25. The number of fused-ring (bicyclic) bond motifs is 1. The second kappa shape index (κ2) is 10.1. The number of carbonyl (C=O) groups is 1. The SMILES string of the molecule is CCC(C)c1ccc2oc(-c3ccc(Cl)c(NC(=O)COc4cc(C)c(Cl)c(C)c4)c3)nc2c1. The summed E-state index contributed by atoms with van der Waals surface area (Å²) in [4.78, 5) is 17.2. The molecule has 0 aliphatic rings. The number of oxazole rings is 1. The maximum absolute atomic E-state index is 12.5. The van der Waals surface area contributed by atoms with Gasteiger partial charge in [-0.3, -0.25) is 4.79 Å². The lowest BCUT2D eigenvalue weighted by molar-refractivity contribution is -0.118. The summed E-state index contributed by atoms with van der Waals surface area (Å²) in [7, 11) is 0. The van der Waals surface area contributed by atoms with Gasteiger partial charge in [0, 0.05) is 10.6 Å². The number of anilines is 1. The van der Waals surface area contributed by atoms with Gasteiger partial charge in [-0.1, -0.05) is 43.1 Å². The van der Waals surface area contributed by atoms with E-state index in [2.05, 4.69) is 36.3 Å². The quantitative estimate of drug-likeness (QED) is 0.281. The highest BCUT2D eigenvalue weighted by Crippen LogP contribution is 2.32. The minimum absolute atomic E-state index is 0.164. The maximum atomic E-state index is 12.5. The fourth-order valence-corrected chi connectivity index (χ4v) is 3.96. The maximum Gasteiger partial charge on any atom is 0.262 e. The van der Waals surface area contributed by atoms with Gasteiger partial charge in [0.15, 0.2) is 12.2 Å². The number of hydrogen-bond acceptors (Lipinski definition) is 4. The van der Waals surface area contributed by atoms with Crippen LogP contribution in [0.5, 0.6) is 5.75 Å². The van der Waals surface area contributed by atoms with E-state index in [0.29, 0.717) is 44.4 Å². The molecule has 0 spiro atoms. The molecule has 0 fully saturated rings. The van der Waals surface area contributed by atoms with Crippen LogP contribution >= 0.6 is 23.2 Å². The molecule has 1 amide bonds. The summed E-state index contributed by atoms with van der Waals surface area (Å²) in [5.41, 5.74) is 5.69. The van der Waals surface area contributed by atoms with E-state index < -0.39 is 0 Å². The topological polar surface area (TPSA) is 64.4 Å². The molecule has 5 nitrogen and oxygen atoms in total. The Morgan fingerprint density at radius 1 is 1.09 bits per heavy atom. The number of aromatic nitrogens is 1. The number of rotatable bonds is 7. The minimum Gasteiger partial charge on any atom is -0.484 e. The molecule has 7 heteroatoms. The Kier molecular flexibility index (Phi) is 7.15. The molecule has 176 valence electrons. The van der Waals surface area contributed by atoms with Crippen molar-refractivity contribution in [3.63, 3.8) is 0 Å². The molecule has 34 heavy (non-hydrogen) atoms. The fraction of sp³-hybridized carbons (Fsp3) is 0.259. The van der Waals surface area contributed by atoms with Crippen molar-refractivity contribution in [2.75, 3.05) is 11.9 Å². The van der Waals surface area contributed by atoms with Crippen LogP contribution in [-0.4, -0.2) is 17.5 Å². The smallest absolute Gasteiger partial charge is 0.262 e. The molecule has 1 N–H and O–H groups in total. The van der Waals surface area contributed by atoms with Crippen LogP contribution in [0.25, 0.3) is 22.6 Å². The highest BCUT2D eigenvalue weighted by molar-refractivity contribution is 6.34. The standard InChI is InChI=1S/C27H26Cl2N2O3/c1-5-15(2)18-7-9-24-23(12-18)31-27(34-24)19-6-8-21(28)22(13-19)30-25(32)14-33-20-10-16(3)26(29)17(4)11-20/h6-13,15H,5,14H2,1-4H3,(H,30,32). The van der Waals surface area contributed by atoms with Gasteiger partial charge in [-0.15, -0.1) is 0 Å². The van der Waals surface area contributed by atoms with Crippen molar-refractivity contribution in [3.8, 4) is 17.2 Å². The van der Waals surface area contributed by atoms with Gasteiger partial charge in [0.1, 0.15) is 11.3 Å². The summed E-state index contributed by atoms with van der Waals surface area (Å²) in [6.45, 7) is 7.97. The van der Waals surface area contributed by atoms with Gasteiger partial charge in [0.2, 0.25) is 5.89 Å². The van der Waals surface area contributed by atoms with E-state index in [0.717, 1.165) is 23.1 Å². The molecular weight excluding hydrogens is 471 g/mol. The Bertz CT molecular complexity index is 1340. The van der Waals surface area contributed by atoms with Crippen LogP contribution in [0.4, 0.5) is 5.69 Å². The summed E-state index contributed by atoms with van der Waals surface area (Å²) < 4.78 is 11.6. The highest BCUT2D eigenvalue weighted by atomic mass is 35.5. The van der Waals surface area contributed by atoms with Crippen LogP contribution in [0.3, 0.4) is 0 Å². The molecule has 1 heterocycles. The van der Waals surface area contributed by atoms with Crippen molar-refractivity contribution in [1.29, 1.82) is 0 Å². The number of carbonyl (C=O) groups excluding carboxylic acids is 1. The number of nitrogens with one attached hydrogen (secondary N) is 1. The van der Waals surface area contributed by atoms with Crippen molar-refractivity contribution < 1.29 is 13.9 Å². The van der Waals surface area contributed by atoms with Gasteiger partial charge in [-0.2, -0.15) is 0 Å². The lowest BCUT2D eigenvalue weighted by atomic mass is 9.98. The molecule has 0 saturated heterocycles. The van der Waals surface area contributed by atoms with Crippen molar-refractivity contribution in [1.82, 2.24) is 4.98 Å². The van der Waals surface area contributed by atoms with E-state index in [1.54, 1.807) is 24.3 Å². The summed E-state index contributed by atoms with van der Waals surface area (Å²) in [6.07, 6.45) is 1.05. The number of aryl methyl sites for hydroxylation is 2. The average molecular weight is 497 g/mol. The van der Waals surface area contributed by atoms with Crippen LogP contribution in [0.1, 0.15) is 42.9 Å². The van der Waals surface area contributed by atoms with Crippen LogP contribution in [-0.2, 0) is 4.79 Å². The lowest BCUT2D eigenvalue weighted by Crippen LogP contribution is -2.20. The third-order valence-corrected chi connectivity index (χ3v) is 6.79. The second-order valence-electron chi connectivity index (χ2n) is 8.46. The Morgan fingerprint density at radius 3 is 2.53 bits per heavy atom. The Hall–Kier alpha value is -3.02. The fourth-order valence-electron chi connectivity index (χ4n) is 3.69. The van der Waals surface area contributed by atoms with E-state index in [1.807, 2.05) is 26.0 Å². The first-order valence-corrected chi connectivity index (χ1v) is 11.9. The van der Waals surface area contributed by atoms with Crippen molar-refractivity contribution >= 4 is 45.9 Å². The lowest BCUT2D eigenvalue weighted by Gasteiger charge is -2.11. The highest BCUT2D eigenvalue weighted by Gasteiger charge is 2.14. The third kappa shape index (κ3) is 5.21. The van der Waals surface area contributed by atoms with Crippen molar-refractivity contribution in [2.45, 2.75) is 40.0 Å². The predicted molar refractivity (Wildman–Crippen MR) is 138 cm³/mol. The summed E-state index contributed by atoms with van der Waals surface area (Å²) in [5, 5.41) is 3.90. The molecule has 1 atom stereocenters. The first-order valence-electron chi connectivity index (χ1n) is 11.1. The van der Waals surface area contributed by atoms with Gasteiger partial charge in [0.05, 0.1) is 10.7 Å². The number of halogens is 2. The van der Waals surface area contributed by atoms with E-state index in [4.69, 9.17) is 32.4 Å².